The molecule has 1 unspecified atom stereocenters. The molecular formula is C16H19BrN2O2. The van der Waals surface area contributed by atoms with Crippen molar-refractivity contribution in [3.05, 3.63) is 29.8 Å². The number of hydrogen-bond acceptors (Lipinski definition) is 3. The minimum absolute atomic E-state index is 0.159. The van der Waals surface area contributed by atoms with E-state index >= 15 is 0 Å². The van der Waals surface area contributed by atoms with Crippen LogP contribution in [0.15, 0.2) is 24.3 Å². The predicted octanol–water partition coefficient (Wildman–Crippen LogP) is 2.43. The second-order valence-electron chi connectivity index (χ2n) is 5.85. The number of nitrogens with zero attached hydrogens (tertiary/aromatic N) is 1. The molecule has 2 saturated heterocycles. The lowest BCUT2D eigenvalue weighted by Crippen LogP contribution is -2.47. The monoisotopic (exact) mass is 350 g/mol. The van der Waals surface area contributed by atoms with Crippen molar-refractivity contribution in [1.29, 1.82) is 0 Å². The van der Waals surface area contributed by atoms with Gasteiger partial charge in [0.1, 0.15) is 0 Å². The lowest BCUT2D eigenvalue weighted by Gasteiger charge is -2.41. The highest BCUT2D eigenvalue weighted by atomic mass is 79.9. The summed E-state index contributed by atoms with van der Waals surface area (Å²) in [7, 11) is 0. The second-order valence-corrected chi connectivity index (χ2v) is 6.64. The third kappa shape index (κ3) is 3.12. The van der Waals surface area contributed by atoms with Crippen molar-refractivity contribution in [3.8, 4) is 0 Å². The van der Waals surface area contributed by atoms with E-state index in [-0.39, 0.29) is 17.7 Å². The number of anilines is 1. The largest absolute Gasteiger partial charge is 0.371 e. The zero-order valence-electron chi connectivity index (χ0n) is 11.8. The minimum atomic E-state index is -0.192. The van der Waals surface area contributed by atoms with Crippen LogP contribution in [0.5, 0.6) is 0 Å². The summed E-state index contributed by atoms with van der Waals surface area (Å²) in [5, 5.41) is 3.49. The van der Waals surface area contributed by atoms with E-state index in [1.807, 2.05) is 12.1 Å². The maximum absolute atomic E-state index is 12.0. The molecule has 4 nitrogen and oxygen atoms in total. The van der Waals surface area contributed by atoms with Gasteiger partial charge in [0.2, 0.25) is 11.8 Å². The van der Waals surface area contributed by atoms with E-state index in [1.165, 1.54) is 12.1 Å². The third-order valence-electron chi connectivity index (χ3n) is 4.35. The van der Waals surface area contributed by atoms with Gasteiger partial charge >= 0.3 is 0 Å². The molecule has 2 aliphatic rings. The van der Waals surface area contributed by atoms with Crippen molar-refractivity contribution in [2.45, 2.75) is 25.2 Å². The second kappa shape index (κ2) is 6.18. The van der Waals surface area contributed by atoms with Crippen LogP contribution in [-0.2, 0) is 9.59 Å². The molecule has 2 amide bonds. The van der Waals surface area contributed by atoms with E-state index < -0.39 is 0 Å². The van der Waals surface area contributed by atoms with Crippen LogP contribution in [0.25, 0.3) is 0 Å². The molecule has 0 aliphatic carbocycles. The molecule has 5 heteroatoms. The third-order valence-corrected chi connectivity index (χ3v) is 4.81. The van der Waals surface area contributed by atoms with E-state index in [2.05, 4.69) is 38.3 Å². The summed E-state index contributed by atoms with van der Waals surface area (Å²) in [6, 6.07) is 8.19. The number of hydrogen-bond donors (Lipinski definition) is 1. The lowest BCUT2D eigenvalue weighted by molar-refractivity contribution is -0.134. The molecule has 1 atom stereocenters. The van der Waals surface area contributed by atoms with E-state index in [0.29, 0.717) is 12.8 Å². The number of halogens is 1. The van der Waals surface area contributed by atoms with Crippen LogP contribution in [-0.4, -0.2) is 30.2 Å². The Balaban J connectivity index is 1.69. The molecule has 21 heavy (non-hydrogen) atoms. The first-order chi connectivity index (χ1) is 10.2. The fourth-order valence-electron chi connectivity index (χ4n) is 3.07. The molecule has 1 aromatic rings. The van der Waals surface area contributed by atoms with Crippen LogP contribution >= 0.6 is 15.9 Å². The summed E-state index contributed by atoms with van der Waals surface area (Å²) in [6.07, 6.45) is 2.25. The summed E-state index contributed by atoms with van der Waals surface area (Å²) in [5.41, 5.74) is 2.20. The molecule has 0 bridgehead atoms. The quantitative estimate of drug-likeness (QED) is 0.670. The van der Waals surface area contributed by atoms with E-state index in [9.17, 15) is 9.59 Å². The van der Waals surface area contributed by atoms with Crippen molar-refractivity contribution < 1.29 is 9.59 Å². The summed E-state index contributed by atoms with van der Waals surface area (Å²) >= 11 is 3.49. The lowest BCUT2D eigenvalue weighted by atomic mass is 9.89. The van der Waals surface area contributed by atoms with Gasteiger partial charge in [0.25, 0.3) is 0 Å². The van der Waals surface area contributed by atoms with Crippen molar-refractivity contribution in [2.75, 3.05) is 23.3 Å². The predicted molar refractivity (Wildman–Crippen MR) is 85.7 cm³/mol. The molecule has 0 radical (unpaired) electrons. The Hall–Kier alpha value is -1.36. The van der Waals surface area contributed by atoms with Crippen molar-refractivity contribution in [3.63, 3.8) is 0 Å². The van der Waals surface area contributed by atoms with Crippen LogP contribution < -0.4 is 10.2 Å². The first kappa shape index (κ1) is 14.6. The normalized spacial score (nSPS) is 22.9. The molecule has 2 aliphatic heterocycles. The number of alkyl halides is 1. The van der Waals surface area contributed by atoms with Crippen molar-refractivity contribution >= 4 is 33.4 Å². The van der Waals surface area contributed by atoms with Gasteiger partial charge in [-0.05, 0) is 36.5 Å². The van der Waals surface area contributed by atoms with Gasteiger partial charge in [0, 0.05) is 30.5 Å². The standard InChI is InChI=1S/C16H19BrN2O2/c17-7-6-11-9-19(10-11)13-3-1-2-12(8-13)14-4-5-15(20)18-16(14)21/h1-3,8,11,14H,4-7,9-10H2,(H,18,20,21). The Morgan fingerprint density at radius 2 is 2.10 bits per heavy atom. The highest BCUT2D eigenvalue weighted by molar-refractivity contribution is 9.09. The molecule has 1 N–H and O–H groups in total. The average Bonchev–Trinajstić information content (AvgIpc) is 2.42. The Labute approximate surface area is 133 Å². The summed E-state index contributed by atoms with van der Waals surface area (Å²) in [6.45, 7) is 2.18. The number of carbonyl (C=O) groups is 2. The number of carbonyl (C=O) groups excluding carboxylic acids is 2. The number of imide groups is 1. The van der Waals surface area contributed by atoms with E-state index in [0.717, 1.165) is 29.9 Å². The molecule has 0 aromatic heterocycles. The molecule has 2 fully saturated rings. The minimum Gasteiger partial charge on any atom is -0.371 e. The first-order valence-corrected chi connectivity index (χ1v) is 8.54. The van der Waals surface area contributed by atoms with Gasteiger partial charge in [0.05, 0.1) is 5.92 Å². The van der Waals surface area contributed by atoms with Gasteiger partial charge in [0.15, 0.2) is 0 Å². The number of amides is 2. The number of rotatable bonds is 4. The van der Waals surface area contributed by atoms with Gasteiger partial charge in [-0.3, -0.25) is 14.9 Å². The highest BCUT2D eigenvalue weighted by Crippen LogP contribution is 2.31. The maximum atomic E-state index is 12.0. The SMILES string of the molecule is O=C1CCC(c2cccc(N3CC(CCBr)C3)c2)C(=O)N1. The summed E-state index contributed by atoms with van der Waals surface area (Å²) in [5.74, 6) is 0.253. The molecule has 3 rings (SSSR count). The van der Waals surface area contributed by atoms with Crippen molar-refractivity contribution in [1.82, 2.24) is 5.32 Å². The zero-order valence-corrected chi connectivity index (χ0v) is 13.4. The maximum Gasteiger partial charge on any atom is 0.234 e. The average molecular weight is 351 g/mol. The van der Waals surface area contributed by atoms with Crippen molar-refractivity contribution in [2.24, 2.45) is 5.92 Å². The topological polar surface area (TPSA) is 49.4 Å². The smallest absolute Gasteiger partial charge is 0.234 e. The fraction of sp³-hybridized carbons (Fsp3) is 0.500. The molecule has 0 spiro atoms. The number of benzene rings is 1. The molecule has 0 saturated carbocycles. The number of piperidine rings is 1. The van der Waals surface area contributed by atoms with Gasteiger partial charge < -0.3 is 4.90 Å². The fourth-order valence-corrected chi connectivity index (χ4v) is 3.71. The van der Waals surface area contributed by atoms with Crippen LogP contribution in [0.2, 0.25) is 0 Å². The van der Waals surface area contributed by atoms with Gasteiger partial charge in [-0.1, -0.05) is 28.1 Å². The summed E-state index contributed by atoms with van der Waals surface area (Å²) in [4.78, 5) is 25.5. The van der Waals surface area contributed by atoms with Crippen LogP contribution in [0.4, 0.5) is 5.69 Å². The van der Waals surface area contributed by atoms with E-state index in [1.54, 1.807) is 0 Å². The molecule has 1 aromatic carbocycles. The van der Waals surface area contributed by atoms with Crippen LogP contribution in [0, 0.1) is 5.92 Å². The van der Waals surface area contributed by atoms with E-state index in [4.69, 9.17) is 0 Å². The Kier molecular flexibility index (Phi) is 4.29. The van der Waals surface area contributed by atoms with Crippen LogP contribution in [0.1, 0.15) is 30.7 Å². The first-order valence-electron chi connectivity index (χ1n) is 7.42. The van der Waals surface area contributed by atoms with Gasteiger partial charge in [-0.15, -0.1) is 0 Å². The Morgan fingerprint density at radius 3 is 2.81 bits per heavy atom. The number of nitrogens with one attached hydrogen (secondary N) is 1. The summed E-state index contributed by atoms with van der Waals surface area (Å²) < 4.78 is 0. The Morgan fingerprint density at radius 1 is 1.29 bits per heavy atom. The zero-order chi connectivity index (χ0) is 14.8. The highest BCUT2D eigenvalue weighted by Gasteiger charge is 2.30. The molecular weight excluding hydrogens is 332 g/mol. The molecule has 2 heterocycles. The molecule has 112 valence electrons. The van der Waals surface area contributed by atoms with Gasteiger partial charge in [-0.25, -0.2) is 0 Å². The van der Waals surface area contributed by atoms with Crippen LogP contribution in [0.3, 0.4) is 0 Å². The van der Waals surface area contributed by atoms with Gasteiger partial charge in [-0.2, -0.15) is 0 Å². The Bertz CT molecular complexity index is 555.